The van der Waals surface area contributed by atoms with E-state index in [1.807, 2.05) is 0 Å². The quantitative estimate of drug-likeness (QED) is 0.890. The van der Waals surface area contributed by atoms with Crippen LogP contribution in [0.4, 0.5) is 0 Å². The fourth-order valence-electron chi connectivity index (χ4n) is 2.93. The number of hydrogen-bond donors (Lipinski definition) is 1. The molecule has 3 heteroatoms. The summed E-state index contributed by atoms with van der Waals surface area (Å²) in [4.78, 5) is 0. The second-order valence-corrected chi connectivity index (χ2v) is 5.67. The molecule has 2 N–H and O–H groups in total. The Labute approximate surface area is 113 Å². The van der Waals surface area contributed by atoms with E-state index in [1.165, 1.54) is 29.3 Å². The van der Waals surface area contributed by atoms with Crippen LogP contribution in [0, 0.1) is 16.7 Å². The van der Waals surface area contributed by atoms with Crippen molar-refractivity contribution in [1.29, 1.82) is 5.26 Å². The minimum absolute atomic E-state index is 0.233. The zero-order valence-electron chi connectivity index (χ0n) is 11.1. The van der Waals surface area contributed by atoms with Crippen molar-refractivity contribution in [3.8, 4) is 6.07 Å². The number of nitrogens with two attached hydrogens (primary N) is 1. The molecule has 0 spiro atoms. The van der Waals surface area contributed by atoms with E-state index in [9.17, 15) is 0 Å². The minimum Gasteiger partial charge on any atom is -0.347 e. The average molecular weight is 253 g/mol. The molecule has 3 nitrogen and oxygen atoms in total. The molecule has 1 aliphatic rings. The molecule has 1 aromatic heterocycles. The van der Waals surface area contributed by atoms with Crippen LogP contribution in [-0.4, -0.2) is 11.1 Å². The van der Waals surface area contributed by atoms with Gasteiger partial charge in [0.2, 0.25) is 0 Å². The summed E-state index contributed by atoms with van der Waals surface area (Å²) < 4.78 is 2.32. The lowest BCUT2D eigenvalue weighted by Gasteiger charge is -2.15. The van der Waals surface area contributed by atoms with Crippen molar-refractivity contribution in [3.63, 3.8) is 0 Å². The summed E-state index contributed by atoms with van der Waals surface area (Å²) in [6, 6.07) is 10.9. The molecule has 1 aliphatic carbocycles. The predicted octanol–water partition coefficient (Wildman–Crippen LogP) is 2.84. The first-order valence-electron chi connectivity index (χ1n) is 6.92. The van der Waals surface area contributed by atoms with Crippen LogP contribution >= 0.6 is 0 Å². The van der Waals surface area contributed by atoms with Gasteiger partial charge in [0.25, 0.3) is 0 Å². The zero-order chi connectivity index (χ0) is 13.3. The second-order valence-electron chi connectivity index (χ2n) is 5.67. The van der Waals surface area contributed by atoms with Gasteiger partial charge in [-0.05, 0) is 42.8 Å². The molecule has 0 bridgehead atoms. The van der Waals surface area contributed by atoms with E-state index in [4.69, 9.17) is 11.0 Å². The first-order valence-corrected chi connectivity index (χ1v) is 6.92. The third-order valence-electron chi connectivity index (χ3n) is 4.20. The van der Waals surface area contributed by atoms with Gasteiger partial charge >= 0.3 is 0 Å². The Hall–Kier alpha value is -1.79. The highest BCUT2D eigenvalue weighted by molar-refractivity contribution is 5.83. The van der Waals surface area contributed by atoms with E-state index < -0.39 is 0 Å². The van der Waals surface area contributed by atoms with Gasteiger partial charge in [-0.3, -0.25) is 0 Å². The molecular formula is C16H19N3. The minimum atomic E-state index is 0.233. The maximum Gasteiger partial charge on any atom is 0.0628 e. The highest BCUT2D eigenvalue weighted by Crippen LogP contribution is 2.50. The van der Waals surface area contributed by atoms with Crippen LogP contribution in [0.25, 0.3) is 10.9 Å². The number of nitrogens with zero attached hydrogens (tertiary/aromatic N) is 2. The molecule has 98 valence electrons. The molecule has 2 aromatic rings. The van der Waals surface area contributed by atoms with Crippen LogP contribution in [0.2, 0.25) is 0 Å². The first-order chi connectivity index (χ1) is 9.28. The fourth-order valence-corrected chi connectivity index (χ4v) is 2.93. The largest absolute Gasteiger partial charge is 0.347 e. The van der Waals surface area contributed by atoms with E-state index in [0.717, 1.165) is 13.0 Å². The molecule has 1 aromatic carbocycles. The summed E-state index contributed by atoms with van der Waals surface area (Å²) >= 11 is 0. The van der Waals surface area contributed by atoms with Gasteiger partial charge in [-0.1, -0.05) is 18.2 Å². The normalized spacial score (nSPS) is 16.4. The van der Waals surface area contributed by atoms with Crippen LogP contribution in [0.5, 0.6) is 0 Å². The summed E-state index contributed by atoms with van der Waals surface area (Å²) in [7, 11) is 0. The summed E-state index contributed by atoms with van der Waals surface area (Å²) in [6.45, 7) is 1.64. The van der Waals surface area contributed by atoms with E-state index in [0.29, 0.717) is 13.0 Å². The Morgan fingerprint density at radius 2 is 2.16 bits per heavy atom. The lowest BCUT2D eigenvalue weighted by Crippen LogP contribution is -2.12. The lowest BCUT2D eigenvalue weighted by molar-refractivity contribution is 0.439. The summed E-state index contributed by atoms with van der Waals surface area (Å²) in [5, 5.41) is 10.2. The lowest BCUT2D eigenvalue weighted by atomic mass is 10.0. The van der Waals surface area contributed by atoms with Gasteiger partial charge in [0.05, 0.1) is 11.6 Å². The standard InChI is InChI=1S/C16H19N3/c17-9-4-13-2-1-3-14-5-11-19(15(13)14)12-16(6-7-16)8-10-18/h1-3,5,11H,4,6-9,12,17H2. The molecule has 0 aliphatic heterocycles. The van der Waals surface area contributed by atoms with Crippen LogP contribution in [0.1, 0.15) is 24.8 Å². The Morgan fingerprint density at radius 3 is 2.84 bits per heavy atom. The molecule has 0 radical (unpaired) electrons. The molecule has 1 fully saturated rings. The van der Waals surface area contributed by atoms with E-state index >= 15 is 0 Å². The van der Waals surface area contributed by atoms with Crippen molar-refractivity contribution in [2.45, 2.75) is 32.2 Å². The van der Waals surface area contributed by atoms with Crippen LogP contribution in [-0.2, 0) is 13.0 Å². The van der Waals surface area contributed by atoms with Crippen molar-refractivity contribution >= 4 is 10.9 Å². The van der Waals surface area contributed by atoms with Gasteiger partial charge in [-0.2, -0.15) is 5.26 Å². The average Bonchev–Trinajstić information content (AvgIpc) is 3.03. The predicted molar refractivity (Wildman–Crippen MR) is 76.6 cm³/mol. The Bertz CT molecular complexity index is 629. The fraction of sp³-hybridized carbons (Fsp3) is 0.438. The number of para-hydroxylation sites is 1. The SMILES string of the molecule is N#CCC1(Cn2ccc3cccc(CCN)c32)CC1. The molecule has 3 rings (SSSR count). The Kier molecular flexibility index (Phi) is 3.04. The van der Waals surface area contributed by atoms with Crippen molar-refractivity contribution < 1.29 is 0 Å². The zero-order valence-corrected chi connectivity index (χ0v) is 11.1. The molecule has 1 saturated carbocycles. The summed E-state index contributed by atoms with van der Waals surface area (Å²) in [6.07, 6.45) is 6.10. The third-order valence-corrected chi connectivity index (χ3v) is 4.20. The molecule has 1 heterocycles. The van der Waals surface area contributed by atoms with Gasteiger partial charge in [-0.25, -0.2) is 0 Å². The van der Waals surface area contributed by atoms with Gasteiger partial charge < -0.3 is 10.3 Å². The molecule has 19 heavy (non-hydrogen) atoms. The number of aromatic nitrogens is 1. The van der Waals surface area contributed by atoms with Gasteiger partial charge in [-0.15, -0.1) is 0 Å². The van der Waals surface area contributed by atoms with E-state index in [-0.39, 0.29) is 5.41 Å². The smallest absolute Gasteiger partial charge is 0.0628 e. The molecule has 0 amide bonds. The molecule has 0 saturated heterocycles. The van der Waals surface area contributed by atoms with Gasteiger partial charge in [0.1, 0.15) is 0 Å². The molecule has 0 unspecified atom stereocenters. The van der Waals surface area contributed by atoms with E-state index in [1.54, 1.807) is 0 Å². The van der Waals surface area contributed by atoms with Crippen LogP contribution in [0.15, 0.2) is 30.5 Å². The second kappa shape index (κ2) is 4.71. The summed E-state index contributed by atoms with van der Waals surface area (Å²) in [5.41, 5.74) is 8.56. The van der Waals surface area contributed by atoms with Gasteiger partial charge in [0.15, 0.2) is 0 Å². The van der Waals surface area contributed by atoms with Crippen molar-refractivity contribution in [2.75, 3.05) is 6.54 Å². The monoisotopic (exact) mass is 253 g/mol. The third kappa shape index (κ3) is 2.24. The van der Waals surface area contributed by atoms with Gasteiger partial charge in [0, 0.05) is 24.6 Å². The number of hydrogen-bond acceptors (Lipinski definition) is 2. The molecular weight excluding hydrogens is 234 g/mol. The highest BCUT2D eigenvalue weighted by atomic mass is 15.0. The maximum absolute atomic E-state index is 8.95. The first kappa shape index (κ1) is 12.3. The van der Waals surface area contributed by atoms with Crippen LogP contribution in [0.3, 0.4) is 0 Å². The topological polar surface area (TPSA) is 54.7 Å². The Morgan fingerprint density at radius 1 is 1.32 bits per heavy atom. The number of fused-ring (bicyclic) bond motifs is 1. The van der Waals surface area contributed by atoms with Crippen molar-refractivity contribution in [2.24, 2.45) is 11.1 Å². The van der Waals surface area contributed by atoms with Crippen molar-refractivity contribution in [1.82, 2.24) is 4.57 Å². The van der Waals surface area contributed by atoms with E-state index in [2.05, 4.69) is 41.1 Å². The highest BCUT2D eigenvalue weighted by Gasteiger charge is 2.42. The maximum atomic E-state index is 8.95. The summed E-state index contributed by atoms with van der Waals surface area (Å²) in [5.74, 6) is 0. The van der Waals surface area contributed by atoms with Crippen molar-refractivity contribution in [3.05, 3.63) is 36.0 Å². The van der Waals surface area contributed by atoms with Crippen LogP contribution < -0.4 is 5.73 Å². The number of nitriles is 1. The molecule has 0 atom stereocenters. The number of benzene rings is 1. The number of rotatable bonds is 5. The Balaban J connectivity index is 1.98.